The van der Waals surface area contributed by atoms with Gasteiger partial charge in [0.1, 0.15) is 11.8 Å². The van der Waals surface area contributed by atoms with Crippen molar-refractivity contribution >= 4 is 11.6 Å². The second-order valence-corrected chi connectivity index (χ2v) is 3.23. The van der Waals surface area contributed by atoms with Crippen LogP contribution in [0.3, 0.4) is 0 Å². The first-order valence-corrected chi connectivity index (χ1v) is 4.83. The predicted molar refractivity (Wildman–Crippen MR) is 58.3 cm³/mol. The molecule has 2 rings (SSSR count). The molecule has 0 saturated carbocycles. The van der Waals surface area contributed by atoms with Crippen molar-refractivity contribution in [2.75, 3.05) is 0 Å². The number of nitriles is 1. The molecule has 0 N–H and O–H groups in total. The maximum absolute atomic E-state index is 8.68. The Kier molecular flexibility index (Phi) is 2.99. The molecular weight excluding hydrogens is 226 g/mol. The van der Waals surface area contributed by atoms with Crippen molar-refractivity contribution in [2.24, 2.45) is 0 Å². The van der Waals surface area contributed by atoms with E-state index in [1.807, 2.05) is 6.07 Å². The van der Waals surface area contributed by atoms with Gasteiger partial charge in [-0.3, -0.25) is 0 Å². The van der Waals surface area contributed by atoms with Crippen molar-refractivity contribution in [1.82, 2.24) is 9.97 Å². The van der Waals surface area contributed by atoms with Crippen LogP contribution in [-0.4, -0.2) is 9.97 Å². The van der Waals surface area contributed by atoms with Crippen LogP contribution in [0.4, 0.5) is 0 Å². The smallest absolute Gasteiger partial charge is 0.220 e. The van der Waals surface area contributed by atoms with Crippen LogP contribution in [0.15, 0.2) is 36.5 Å². The number of aromatic nitrogens is 2. The molecule has 2 aromatic heterocycles. The highest BCUT2D eigenvalue weighted by Crippen LogP contribution is 2.25. The molecule has 0 spiro atoms. The molecule has 0 saturated heterocycles. The molecule has 2 heterocycles. The number of ether oxygens (including phenoxy) is 1. The number of halogens is 1. The monoisotopic (exact) mass is 231 g/mol. The quantitative estimate of drug-likeness (QED) is 0.746. The van der Waals surface area contributed by atoms with Gasteiger partial charge >= 0.3 is 0 Å². The van der Waals surface area contributed by atoms with Crippen molar-refractivity contribution < 1.29 is 4.74 Å². The third-order valence-electron chi connectivity index (χ3n) is 1.78. The molecule has 4 nitrogen and oxygen atoms in total. The number of rotatable bonds is 2. The molecule has 2 aromatic rings. The fourth-order valence-electron chi connectivity index (χ4n) is 1.09. The average Bonchev–Trinajstić information content (AvgIpc) is 2.32. The number of nitrogens with zero attached hydrogens (tertiary/aromatic N) is 3. The van der Waals surface area contributed by atoms with E-state index in [0.29, 0.717) is 11.6 Å². The Bertz CT molecular complexity index is 551. The van der Waals surface area contributed by atoms with E-state index in [1.54, 1.807) is 36.5 Å². The fraction of sp³-hybridized carbons (Fsp3) is 0. The third-order valence-corrected chi connectivity index (χ3v) is 2.06. The molecule has 0 atom stereocenters. The van der Waals surface area contributed by atoms with Gasteiger partial charge in [-0.05, 0) is 18.2 Å². The molecule has 0 aliphatic heterocycles. The van der Waals surface area contributed by atoms with E-state index in [-0.39, 0.29) is 10.8 Å². The maximum atomic E-state index is 8.68. The molecule has 0 fully saturated rings. The van der Waals surface area contributed by atoms with E-state index in [2.05, 4.69) is 9.97 Å². The zero-order valence-corrected chi connectivity index (χ0v) is 8.85. The SMILES string of the molecule is N#Cc1cccc(Oc2cccnc2Cl)n1. The lowest BCUT2D eigenvalue weighted by atomic mass is 10.4. The van der Waals surface area contributed by atoms with Gasteiger partial charge in [0.15, 0.2) is 10.9 Å². The van der Waals surface area contributed by atoms with Gasteiger partial charge in [-0.25, -0.2) is 9.97 Å². The van der Waals surface area contributed by atoms with Crippen LogP contribution in [0.5, 0.6) is 11.6 Å². The fourth-order valence-corrected chi connectivity index (χ4v) is 1.25. The van der Waals surface area contributed by atoms with Crippen LogP contribution in [0.1, 0.15) is 5.69 Å². The summed E-state index contributed by atoms with van der Waals surface area (Å²) in [7, 11) is 0. The molecule has 16 heavy (non-hydrogen) atoms. The Morgan fingerprint density at radius 3 is 2.88 bits per heavy atom. The Labute approximate surface area is 97.1 Å². The highest BCUT2D eigenvalue weighted by atomic mass is 35.5. The van der Waals surface area contributed by atoms with E-state index in [4.69, 9.17) is 21.6 Å². The highest BCUT2D eigenvalue weighted by Gasteiger charge is 2.04. The second-order valence-electron chi connectivity index (χ2n) is 2.87. The Hall–Kier alpha value is -2.12. The molecule has 5 heteroatoms. The van der Waals surface area contributed by atoms with Gasteiger partial charge in [-0.15, -0.1) is 0 Å². The predicted octanol–water partition coefficient (Wildman–Crippen LogP) is 2.79. The highest BCUT2D eigenvalue weighted by molar-refractivity contribution is 6.30. The van der Waals surface area contributed by atoms with Crippen LogP contribution in [0.2, 0.25) is 5.15 Å². The molecule has 0 unspecified atom stereocenters. The van der Waals surface area contributed by atoms with Crippen molar-refractivity contribution in [3.63, 3.8) is 0 Å². The van der Waals surface area contributed by atoms with Gasteiger partial charge in [0.25, 0.3) is 0 Å². The minimum absolute atomic E-state index is 0.256. The minimum atomic E-state index is 0.256. The van der Waals surface area contributed by atoms with Gasteiger partial charge in [-0.1, -0.05) is 17.7 Å². The van der Waals surface area contributed by atoms with Crippen molar-refractivity contribution in [3.8, 4) is 17.7 Å². The molecule has 0 aromatic carbocycles. The van der Waals surface area contributed by atoms with E-state index in [9.17, 15) is 0 Å². The number of pyridine rings is 2. The summed E-state index contributed by atoms with van der Waals surface area (Å²) in [5.74, 6) is 0.723. The first kappa shape index (κ1) is 10.4. The third kappa shape index (κ3) is 2.27. The molecule has 0 aliphatic rings. The molecule has 0 bridgehead atoms. The zero-order valence-electron chi connectivity index (χ0n) is 8.09. The summed E-state index contributed by atoms with van der Waals surface area (Å²) in [6.07, 6.45) is 1.56. The summed E-state index contributed by atoms with van der Waals surface area (Å²) in [6.45, 7) is 0. The lowest BCUT2D eigenvalue weighted by Crippen LogP contribution is -1.91. The first-order valence-electron chi connectivity index (χ1n) is 4.45. The van der Waals surface area contributed by atoms with E-state index < -0.39 is 0 Å². The Morgan fingerprint density at radius 2 is 2.12 bits per heavy atom. The summed E-state index contributed by atoms with van der Waals surface area (Å²) in [5, 5.41) is 8.93. The van der Waals surface area contributed by atoms with Crippen LogP contribution >= 0.6 is 11.6 Å². The van der Waals surface area contributed by atoms with Gasteiger partial charge in [0.05, 0.1) is 0 Å². The minimum Gasteiger partial charge on any atom is -0.436 e. The lowest BCUT2D eigenvalue weighted by Gasteiger charge is -2.04. The summed E-state index contributed by atoms with van der Waals surface area (Å²) >= 11 is 5.82. The first-order chi connectivity index (χ1) is 7.79. The topological polar surface area (TPSA) is 58.8 Å². The Balaban J connectivity index is 2.28. The molecular formula is C11H6ClN3O. The molecule has 0 radical (unpaired) electrons. The molecule has 0 amide bonds. The van der Waals surface area contributed by atoms with E-state index >= 15 is 0 Å². The molecule has 0 aliphatic carbocycles. The number of hydrogen-bond acceptors (Lipinski definition) is 4. The van der Waals surface area contributed by atoms with E-state index in [1.165, 1.54) is 0 Å². The van der Waals surface area contributed by atoms with Crippen LogP contribution < -0.4 is 4.74 Å². The van der Waals surface area contributed by atoms with Gasteiger partial charge in [0, 0.05) is 12.3 Å². The van der Waals surface area contributed by atoms with Crippen LogP contribution in [0, 0.1) is 11.3 Å². The summed E-state index contributed by atoms with van der Waals surface area (Å²) < 4.78 is 5.39. The zero-order chi connectivity index (χ0) is 11.4. The van der Waals surface area contributed by atoms with Crippen molar-refractivity contribution in [1.29, 1.82) is 5.26 Å². The number of hydrogen-bond donors (Lipinski definition) is 0. The summed E-state index contributed by atoms with van der Waals surface area (Å²) in [4.78, 5) is 7.82. The summed E-state index contributed by atoms with van der Waals surface area (Å²) in [5.41, 5.74) is 0.289. The van der Waals surface area contributed by atoms with Gasteiger partial charge in [0.2, 0.25) is 5.88 Å². The van der Waals surface area contributed by atoms with Gasteiger partial charge < -0.3 is 4.74 Å². The second kappa shape index (κ2) is 4.60. The Morgan fingerprint density at radius 1 is 1.25 bits per heavy atom. The lowest BCUT2D eigenvalue weighted by molar-refractivity contribution is 0.460. The van der Waals surface area contributed by atoms with Crippen molar-refractivity contribution in [3.05, 3.63) is 47.4 Å². The van der Waals surface area contributed by atoms with Gasteiger partial charge in [-0.2, -0.15) is 5.26 Å². The van der Waals surface area contributed by atoms with Crippen LogP contribution in [-0.2, 0) is 0 Å². The largest absolute Gasteiger partial charge is 0.436 e. The maximum Gasteiger partial charge on any atom is 0.220 e. The normalized spacial score (nSPS) is 9.50. The average molecular weight is 232 g/mol. The van der Waals surface area contributed by atoms with Crippen LogP contribution in [0.25, 0.3) is 0 Å². The standard InChI is InChI=1S/C11H6ClN3O/c12-11-9(4-2-6-14-11)16-10-5-1-3-8(7-13)15-10/h1-6H. The van der Waals surface area contributed by atoms with Crippen molar-refractivity contribution in [2.45, 2.75) is 0 Å². The summed E-state index contributed by atoms with van der Waals surface area (Å²) in [6, 6.07) is 10.2. The van der Waals surface area contributed by atoms with E-state index in [0.717, 1.165) is 0 Å². The molecule has 78 valence electrons.